The van der Waals surface area contributed by atoms with E-state index < -0.39 is 112 Å². The van der Waals surface area contributed by atoms with Crippen molar-refractivity contribution in [3.8, 4) is 0 Å². The van der Waals surface area contributed by atoms with E-state index in [9.17, 15) is 68.0 Å². The van der Waals surface area contributed by atoms with E-state index in [0.717, 1.165) is 109 Å². The van der Waals surface area contributed by atoms with Crippen LogP contribution in [-0.4, -0.2) is 205 Å². The summed E-state index contributed by atoms with van der Waals surface area (Å²) in [4.78, 5) is 59.8. The molecule has 3 saturated heterocycles. The van der Waals surface area contributed by atoms with Gasteiger partial charge in [0.15, 0.2) is 0 Å². The average molecular weight is 1700 g/mol. The number of aryl methyl sites for hydroxylation is 4. The summed E-state index contributed by atoms with van der Waals surface area (Å²) < 4.78 is 108. The number of thioether (sulfide) groups is 4. The third-order valence-electron chi connectivity index (χ3n) is 18.2. The Labute approximate surface area is 694 Å². The molecule has 4 aromatic carbocycles. The number of carboxylic acid groups (broad SMARTS) is 2. The Bertz CT molecular complexity index is 3860. The Morgan fingerprint density at radius 2 is 0.862 bits per heavy atom. The number of unbranched alkanes of at least 4 members (excludes halogenated alkanes) is 2. The SMILES string of the molecule is CC(=O)C1N(S(=O)(=O)c2ccc(C)cc2)CCCCCSC1(C)C.CC(=O)[C@H](NS(=O)(=O)c1ccc(C)cc1)C(C)(C)SCCCCCO.CC(C)(S)[C@@H](N)C(=O)O.Cc1ccc(S(=O)(=O)N2CCCCCSC(C)(C)C2C(=O)NO)cc1.Cc1ccc(S(=O)(=O)N2CCCCCSC(C)(C)C2C(=O)O)cc1.[Na+].[OH-]. The number of thiol groups is 1. The van der Waals surface area contributed by atoms with Gasteiger partial charge in [-0.3, -0.25) is 29.2 Å². The van der Waals surface area contributed by atoms with Gasteiger partial charge < -0.3 is 26.5 Å². The second-order valence-electron chi connectivity index (χ2n) is 29.6. The van der Waals surface area contributed by atoms with Gasteiger partial charge in [0.25, 0.3) is 5.91 Å². The first-order chi connectivity index (χ1) is 49.5. The van der Waals surface area contributed by atoms with Crippen LogP contribution in [0.3, 0.4) is 0 Å². The second-order valence-corrected chi connectivity index (χ2v) is 45.2. The molecule has 0 aromatic heterocycles. The predicted molar refractivity (Wildman–Crippen MR) is 440 cm³/mol. The van der Waals surface area contributed by atoms with Gasteiger partial charge in [0.1, 0.15) is 29.7 Å². The number of carbonyl (C=O) groups excluding carboxylic acids is 3. The van der Waals surface area contributed by atoms with Crippen LogP contribution in [0.15, 0.2) is 117 Å². The molecule has 9 N–H and O–H groups in total. The van der Waals surface area contributed by atoms with Gasteiger partial charge in [-0.2, -0.15) is 77.3 Å². The quantitative estimate of drug-likeness (QED) is 0.0119. The number of aliphatic carboxylic acids is 2. The zero-order chi connectivity index (χ0) is 81.3. The van der Waals surface area contributed by atoms with Crippen LogP contribution in [0.2, 0.25) is 0 Å². The number of aliphatic hydroxyl groups is 1. The molecule has 3 heterocycles. The van der Waals surface area contributed by atoms with Crippen molar-refractivity contribution >= 4 is 129 Å². The number of hydrogen-bond donors (Lipinski definition) is 8. The first-order valence-corrected chi connectivity index (χ1v) is 46.1. The van der Waals surface area contributed by atoms with Crippen LogP contribution in [-0.2, 0) is 64.1 Å². The van der Waals surface area contributed by atoms with Crippen LogP contribution < -0.4 is 45.5 Å². The zero-order valence-electron chi connectivity index (χ0n) is 66.4. The Morgan fingerprint density at radius 1 is 0.541 bits per heavy atom. The molecule has 34 heteroatoms. The van der Waals surface area contributed by atoms with Crippen molar-refractivity contribution in [3.05, 3.63) is 119 Å². The summed E-state index contributed by atoms with van der Waals surface area (Å²) in [5.41, 5.74) is 10.8. The number of ketones is 2. The van der Waals surface area contributed by atoms with E-state index >= 15 is 0 Å². The maximum atomic E-state index is 13.2. The minimum atomic E-state index is -3.86. The number of carbonyl (C=O) groups is 5. The Kier molecular flexibility index (Phi) is 44.4. The van der Waals surface area contributed by atoms with Crippen molar-refractivity contribution in [1.29, 1.82) is 0 Å². The summed E-state index contributed by atoms with van der Waals surface area (Å²) in [6.45, 7) is 29.9. The van der Waals surface area contributed by atoms with Gasteiger partial charge in [-0.1, -0.05) is 96.5 Å². The molecule has 3 aliphatic heterocycles. The molecule has 0 radical (unpaired) electrons. The van der Waals surface area contributed by atoms with Gasteiger partial charge in [0.2, 0.25) is 40.1 Å². The molecule has 1 amide bonds. The van der Waals surface area contributed by atoms with Crippen LogP contribution in [0.25, 0.3) is 0 Å². The van der Waals surface area contributed by atoms with Crippen LogP contribution >= 0.6 is 59.7 Å². The molecule has 3 aliphatic rings. The standard InChI is InChI=1S/C18H29NO4S2.C18H27NO3S2.C17H26N2O4S2.C17H25NO4S2.C5H11NO2S.Na.H2O/c1-14-8-10-16(11-9-14)25(22,23)19-17(15(2)21)18(3,4)24-13-7-5-6-12-20;1-14-8-10-16(11-9-14)24(21,22)19-12-6-5-7-13-23-18(3,4)17(19)15(2)20;1-13-7-9-14(10-8-13)25(22,23)19-11-5-4-6-12-24-17(2,3)15(19)16(20)18-21;1-13-7-9-14(10-8-13)24(21,22)18-11-5-4-6-12-23-17(2,3)15(18)16(19)20;1-5(2,9)3(6)4(7)8;;/h8-11,17,19-20H,5-7,12-13H2,1-4H3;8-11,17H,5-7,12-13H2,1-4H3;7-10,15,21H,4-6,11-12H2,1-3H3,(H,18,20);7-10,15H,4-6,11-12H2,1-3H3,(H,19,20);3,9H,6H2,1-2H3,(H,7,8);;1H2/q;;;;;+1;/p-1/t17-;;;;3-;;/m0...0../s1. The summed E-state index contributed by atoms with van der Waals surface area (Å²) in [5, 5.41) is 36.2. The minimum absolute atomic E-state index is 0. The summed E-state index contributed by atoms with van der Waals surface area (Å²) >= 11 is 10.3. The first-order valence-electron chi connectivity index (χ1n) is 35.9. The van der Waals surface area contributed by atoms with Crippen molar-refractivity contribution in [2.45, 2.75) is 261 Å². The van der Waals surface area contributed by atoms with Gasteiger partial charge >= 0.3 is 41.5 Å². The summed E-state index contributed by atoms with van der Waals surface area (Å²) in [6, 6.07) is 22.2. The van der Waals surface area contributed by atoms with E-state index in [2.05, 4.69) is 17.4 Å². The fourth-order valence-corrected chi connectivity index (χ4v) is 24.2. The molecular formula is C75H119N6NaO18S9. The Hall–Kier alpha value is -3.14. The van der Waals surface area contributed by atoms with Crippen LogP contribution in [0.5, 0.6) is 0 Å². The monoisotopic (exact) mass is 1700 g/mol. The fraction of sp³-hybridized carbons (Fsp3) is 0.613. The molecule has 0 saturated carbocycles. The van der Waals surface area contributed by atoms with E-state index in [1.165, 1.54) is 38.5 Å². The van der Waals surface area contributed by atoms with Gasteiger partial charge in [-0.25, -0.2) is 39.2 Å². The number of amides is 1. The number of Topliss-reactive ketones (excluding diaryl/α,β-unsaturated/α-hetero) is 2. The Balaban J connectivity index is 0.000000695. The summed E-state index contributed by atoms with van der Waals surface area (Å²) in [5.74, 6) is 0.345. The molecular weight excluding hydrogens is 1580 g/mol. The normalized spacial score (nSPS) is 19.7. The van der Waals surface area contributed by atoms with Crippen molar-refractivity contribution in [3.63, 3.8) is 0 Å². The number of hydrogen-bond acceptors (Lipinski definition) is 22. The summed E-state index contributed by atoms with van der Waals surface area (Å²) in [6.07, 6.45) is 10.5. The predicted octanol–water partition coefficient (Wildman–Crippen LogP) is 9.17. The number of nitrogens with two attached hydrogens (primary N) is 1. The third-order valence-corrected chi connectivity index (χ3v) is 31.4. The molecule has 612 valence electrons. The molecule has 3 fully saturated rings. The van der Waals surface area contributed by atoms with Crippen molar-refractivity contribution < 1.29 is 113 Å². The molecule has 0 bridgehead atoms. The number of sulfonamides is 4. The van der Waals surface area contributed by atoms with E-state index in [1.54, 1.807) is 152 Å². The average Bonchev–Trinajstić information content (AvgIpc) is 1.55. The maximum absolute atomic E-state index is 13.2. The molecule has 0 spiro atoms. The molecule has 0 aliphatic carbocycles. The number of nitrogens with one attached hydrogen (secondary N) is 2. The smallest absolute Gasteiger partial charge is 0.870 e. The zero-order valence-corrected chi connectivity index (χ0v) is 75.9. The molecule has 3 unspecified atom stereocenters. The van der Waals surface area contributed by atoms with Gasteiger partial charge in [-0.15, -0.1) is 0 Å². The molecule has 4 aromatic rings. The van der Waals surface area contributed by atoms with E-state index in [1.807, 2.05) is 83.1 Å². The number of carboxylic acids is 2. The molecule has 24 nitrogen and oxygen atoms in total. The molecule has 7 rings (SSSR count). The van der Waals surface area contributed by atoms with Gasteiger partial charge in [-0.05, 0) is 234 Å². The van der Waals surface area contributed by atoms with Crippen LogP contribution in [0.1, 0.15) is 182 Å². The van der Waals surface area contributed by atoms with Crippen LogP contribution in [0.4, 0.5) is 0 Å². The van der Waals surface area contributed by atoms with E-state index in [0.29, 0.717) is 19.4 Å². The molecule has 109 heavy (non-hydrogen) atoms. The van der Waals surface area contributed by atoms with Gasteiger partial charge in [0.05, 0.1) is 31.7 Å². The third kappa shape index (κ3) is 32.1. The number of hydroxylamine groups is 1. The Morgan fingerprint density at radius 3 is 1.16 bits per heavy atom. The molecule has 5 atom stereocenters. The van der Waals surface area contributed by atoms with Crippen molar-refractivity contribution in [2.24, 2.45) is 5.73 Å². The number of aliphatic hydroxyl groups excluding tert-OH is 1. The van der Waals surface area contributed by atoms with E-state index in [4.69, 9.17) is 15.9 Å². The van der Waals surface area contributed by atoms with E-state index in [-0.39, 0.29) is 85.9 Å². The van der Waals surface area contributed by atoms with Crippen molar-refractivity contribution in [1.82, 2.24) is 23.1 Å². The second kappa shape index (κ2) is 46.6. The fourth-order valence-electron chi connectivity index (χ4n) is 12.0. The largest absolute Gasteiger partial charge is 1.00 e. The number of benzene rings is 4. The maximum Gasteiger partial charge on any atom is 1.00 e. The van der Waals surface area contributed by atoms with Crippen molar-refractivity contribution in [2.75, 3.05) is 49.3 Å². The summed E-state index contributed by atoms with van der Waals surface area (Å²) in [7, 11) is -15.2. The topological polar surface area (TPSA) is 393 Å². The number of rotatable bonds is 22. The van der Waals surface area contributed by atoms with Crippen LogP contribution in [0, 0.1) is 27.7 Å². The first kappa shape index (κ1) is 104. The number of nitrogens with zero attached hydrogens (tertiary/aromatic N) is 3. The van der Waals surface area contributed by atoms with Gasteiger partial charge in [0, 0.05) is 50.0 Å². The minimum Gasteiger partial charge on any atom is -0.870 e.